The highest BCUT2D eigenvalue weighted by molar-refractivity contribution is 5.41. The molecule has 1 aliphatic heterocycles. The van der Waals surface area contributed by atoms with Crippen LogP contribution in [0.5, 0.6) is 0 Å². The van der Waals surface area contributed by atoms with Crippen molar-refractivity contribution < 1.29 is 0 Å². The Morgan fingerprint density at radius 1 is 1.20 bits per heavy atom. The maximum atomic E-state index is 4.44. The third-order valence-corrected chi connectivity index (χ3v) is 3.78. The normalized spacial score (nSPS) is 17.2. The Balaban J connectivity index is 1.67. The predicted molar refractivity (Wildman–Crippen MR) is 82.3 cm³/mol. The maximum absolute atomic E-state index is 4.44. The summed E-state index contributed by atoms with van der Waals surface area (Å²) in [4.78, 5) is 6.96. The molecule has 1 unspecified atom stereocenters. The number of nitrogens with one attached hydrogen (secondary N) is 1. The molecule has 20 heavy (non-hydrogen) atoms. The minimum Gasteiger partial charge on any atom is -0.352 e. The van der Waals surface area contributed by atoms with Crippen LogP contribution in [-0.4, -0.2) is 40.1 Å². The Hall–Kier alpha value is -1.81. The zero-order valence-corrected chi connectivity index (χ0v) is 12.0. The lowest BCUT2D eigenvalue weighted by Gasteiger charge is -2.22. The van der Waals surface area contributed by atoms with E-state index in [1.807, 2.05) is 30.6 Å². The molecule has 2 aromatic rings. The third kappa shape index (κ3) is 3.02. The highest BCUT2D eigenvalue weighted by Crippen LogP contribution is 2.15. The van der Waals surface area contributed by atoms with Gasteiger partial charge in [-0.25, -0.2) is 4.98 Å². The Morgan fingerprint density at radius 3 is 2.70 bits per heavy atom. The van der Waals surface area contributed by atoms with Crippen molar-refractivity contribution in [3.05, 3.63) is 42.7 Å². The van der Waals surface area contributed by atoms with Gasteiger partial charge in [-0.05, 0) is 45.0 Å². The first-order valence-corrected chi connectivity index (χ1v) is 7.40. The summed E-state index contributed by atoms with van der Waals surface area (Å²) in [7, 11) is 0. The van der Waals surface area contributed by atoms with Gasteiger partial charge in [-0.15, -0.1) is 0 Å². The number of nitrogens with zero attached hydrogens (tertiary/aromatic N) is 3. The van der Waals surface area contributed by atoms with Crippen LogP contribution >= 0.6 is 0 Å². The van der Waals surface area contributed by atoms with Crippen LogP contribution in [0.3, 0.4) is 0 Å². The fourth-order valence-corrected chi connectivity index (χ4v) is 2.83. The zero-order chi connectivity index (χ0) is 13.8. The van der Waals surface area contributed by atoms with E-state index in [9.17, 15) is 0 Å². The standard InChI is InChI=1S/C16H22N4/c1-14(13-19-10-5-6-11-19)18-16-17-9-12-20(16)15-7-3-2-4-8-15/h2-4,7-9,12,14H,5-6,10-11,13H2,1H3,(H,17,18). The molecule has 3 rings (SSSR count). The molecule has 1 aliphatic rings. The molecular formula is C16H22N4. The number of imidazole rings is 1. The summed E-state index contributed by atoms with van der Waals surface area (Å²) < 4.78 is 2.10. The van der Waals surface area contributed by atoms with E-state index in [2.05, 4.69) is 38.8 Å². The van der Waals surface area contributed by atoms with Crippen molar-refractivity contribution in [2.24, 2.45) is 0 Å². The molecule has 0 amide bonds. The van der Waals surface area contributed by atoms with Crippen molar-refractivity contribution >= 4 is 5.95 Å². The fraction of sp³-hybridized carbons (Fsp3) is 0.438. The van der Waals surface area contributed by atoms with Crippen LogP contribution in [0.4, 0.5) is 5.95 Å². The SMILES string of the molecule is CC(CN1CCCC1)Nc1nccn1-c1ccccc1. The molecule has 0 bridgehead atoms. The van der Waals surface area contributed by atoms with Gasteiger partial charge in [0.1, 0.15) is 0 Å². The quantitative estimate of drug-likeness (QED) is 0.907. The average molecular weight is 270 g/mol. The van der Waals surface area contributed by atoms with Crippen LogP contribution in [0.25, 0.3) is 5.69 Å². The molecule has 4 nitrogen and oxygen atoms in total. The van der Waals surface area contributed by atoms with Gasteiger partial charge in [0.25, 0.3) is 0 Å². The number of hydrogen-bond acceptors (Lipinski definition) is 3. The summed E-state index contributed by atoms with van der Waals surface area (Å²) in [6, 6.07) is 10.7. The first kappa shape index (κ1) is 13.2. The van der Waals surface area contributed by atoms with Gasteiger partial charge in [0.2, 0.25) is 5.95 Å². The van der Waals surface area contributed by atoms with Gasteiger partial charge in [0.15, 0.2) is 0 Å². The molecule has 0 radical (unpaired) electrons. The fourth-order valence-electron chi connectivity index (χ4n) is 2.83. The first-order chi connectivity index (χ1) is 9.83. The lowest BCUT2D eigenvalue weighted by Crippen LogP contribution is -2.33. The molecule has 2 heterocycles. The van der Waals surface area contributed by atoms with Crippen molar-refractivity contribution in [1.29, 1.82) is 0 Å². The van der Waals surface area contributed by atoms with Gasteiger partial charge in [0, 0.05) is 30.7 Å². The molecule has 1 saturated heterocycles. The Labute approximate surface area is 120 Å². The lowest BCUT2D eigenvalue weighted by molar-refractivity contribution is 0.327. The number of likely N-dealkylation sites (tertiary alicyclic amines) is 1. The monoisotopic (exact) mass is 270 g/mol. The van der Waals surface area contributed by atoms with Crippen molar-refractivity contribution in [1.82, 2.24) is 14.5 Å². The smallest absolute Gasteiger partial charge is 0.207 e. The highest BCUT2D eigenvalue weighted by atomic mass is 15.2. The maximum Gasteiger partial charge on any atom is 0.207 e. The number of anilines is 1. The highest BCUT2D eigenvalue weighted by Gasteiger charge is 2.15. The van der Waals surface area contributed by atoms with E-state index >= 15 is 0 Å². The number of rotatable bonds is 5. The van der Waals surface area contributed by atoms with Crippen molar-refractivity contribution in [2.45, 2.75) is 25.8 Å². The Kier molecular flexibility index (Phi) is 4.02. The second-order valence-electron chi connectivity index (χ2n) is 5.51. The largest absolute Gasteiger partial charge is 0.352 e. The summed E-state index contributed by atoms with van der Waals surface area (Å²) in [5, 5.41) is 3.53. The average Bonchev–Trinajstić information content (AvgIpc) is 3.11. The van der Waals surface area contributed by atoms with E-state index in [-0.39, 0.29) is 0 Å². The predicted octanol–water partition coefficient (Wildman–Crippen LogP) is 2.77. The van der Waals surface area contributed by atoms with Crippen molar-refractivity contribution in [3.63, 3.8) is 0 Å². The van der Waals surface area contributed by atoms with Crippen LogP contribution < -0.4 is 5.32 Å². The van der Waals surface area contributed by atoms with Gasteiger partial charge in [-0.2, -0.15) is 0 Å². The van der Waals surface area contributed by atoms with Crippen molar-refractivity contribution in [2.75, 3.05) is 25.0 Å². The Morgan fingerprint density at radius 2 is 1.95 bits per heavy atom. The van der Waals surface area contributed by atoms with Crippen LogP contribution in [0.1, 0.15) is 19.8 Å². The summed E-state index contributed by atoms with van der Waals surface area (Å²) in [6.45, 7) is 5.78. The second-order valence-corrected chi connectivity index (χ2v) is 5.51. The molecule has 106 valence electrons. The zero-order valence-electron chi connectivity index (χ0n) is 12.0. The van der Waals surface area contributed by atoms with E-state index in [1.165, 1.54) is 25.9 Å². The molecule has 4 heteroatoms. The minimum absolute atomic E-state index is 0.401. The van der Waals surface area contributed by atoms with Gasteiger partial charge in [-0.3, -0.25) is 4.57 Å². The topological polar surface area (TPSA) is 33.1 Å². The van der Waals surface area contributed by atoms with E-state index in [1.54, 1.807) is 0 Å². The van der Waals surface area contributed by atoms with Crippen LogP contribution in [0.2, 0.25) is 0 Å². The van der Waals surface area contributed by atoms with Gasteiger partial charge >= 0.3 is 0 Å². The van der Waals surface area contributed by atoms with E-state index in [0.29, 0.717) is 6.04 Å². The van der Waals surface area contributed by atoms with Gasteiger partial charge in [0.05, 0.1) is 0 Å². The first-order valence-electron chi connectivity index (χ1n) is 7.40. The van der Waals surface area contributed by atoms with E-state index < -0.39 is 0 Å². The third-order valence-electron chi connectivity index (χ3n) is 3.78. The summed E-state index contributed by atoms with van der Waals surface area (Å²) >= 11 is 0. The van der Waals surface area contributed by atoms with E-state index in [4.69, 9.17) is 0 Å². The molecule has 0 saturated carbocycles. The van der Waals surface area contributed by atoms with E-state index in [0.717, 1.165) is 18.2 Å². The van der Waals surface area contributed by atoms with Crippen LogP contribution in [0.15, 0.2) is 42.7 Å². The van der Waals surface area contributed by atoms with Crippen molar-refractivity contribution in [3.8, 4) is 5.69 Å². The van der Waals surface area contributed by atoms with Crippen LogP contribution in [0, 0.1) is 0 Å². The van der Waals surface area contributed by atoms with Crippen LogP contribution in [-0.2, 0) is 0 Å². The molecule has 0 aliphatic carbocycles. The summed E-state index contributed by atoms with van der Waals surface area (Å²) in [6.07, 6.45) is 6.52. The number of benzene rings is 1. The molecule has 1 fully saturated rings. The molecule has 1 aromatic heterocycles. The number of hydrogen-bond donors (Lipinski definition) is 1. The van der Waals surface area contributed by atoms with Gasteiger partial charge < -0.3 is 10.2 Å². The summed E-state index contributed by atoms with van der Waals surface area (Å²) in [5.74, 6) is 0.919. The molecular weight excluding hydrogens is 248 g/mol. The minimum atomic E-state index is 0.401. The molecule has 1 aromatic carbocycles. The molecule has 0 spiro atoms. The molecule has 1 N–H and O–H groups in total. The summed E-state index contributed by atoms with van der Waals surface area (Å²) in [5.41, 5.74) is 1.14. The lowest BCUT2D eigenvalue weighted by atomic mass is 10.3. The Bertz CT molecular complexity index is 528. The number of aromatic nitrogens is 2. The molecule has 1 atom stereocenters. The van der Waals surface area contributed by atoms with Gasteiger partial charge in [-0.1, -0.05) is 18.2 Å². The second kappa shape index (κ2) is 6.09. The number of para-hydroxylation sites is 1.